The number of fused-ring (bicyclic) bond motifs is 1. The van der Waals surface area contributed by atoms with Crippen molar-refractivity contribution in [3.05, 3.63) is 77.4 Å². The van der Waals surface area contributed by atoms with E-state index in [9.17, 15) is 13.5 Å². The number of rotatable bonds is 7. The standard InChI is InChI=1S/C27H29NO5S/c1-6-24(29)19-9-13-23-22(15-19)18(3)27(20-10-14-25(32-4)26(16-20)33-5)28(23)34(30,31)21-11-7-17(2)8-12-21/h7-16,24,29H,6H2,1-5H3. The van der Waals surface area contributed by atoms with Crippen LogP contribution >= 0.6 is 0 Å². The van der Waals surface area contributed by atoms with Crippen molar-refractivity contribution in [2.75, 3.05) is 14.2 Å². The van der Waals surface area contributed by atoms with Crippen LogP contribution in [0.3, 0.4) is 0 Å². The van der Waals surface area contributed by atoms with Gasteiger partial charge in [0.15, 0.2) is 11.5 Å². The van der Waals surface area contributed by atoms with Gasteiger partial charge in [0.1, 0.15) is 0 Å². The zero-order chi connectivity index (χ0) is 24.6. The molecule has 3 aromatic carbocycles. The monoisotopic (exact) mass is 479 g/mol. The highest BCUT2D eigenvalue weighted by atomic mass is 32.2. The number of nitrogens with zero attached hydrogens (tertiary/aromatic N) is 1. The van der Waals surface area contributed by atoms with Crippen LogP contribution < -0.4 is 9.47 Å². The Morgan fingerprint density at radius 3 is 2.21 bits per heavy atom. The molecule has 1 unspecified atom stereocenters. The molecule has 0 aliphatic rings. The van der Waals surface area contributed by atoms with Gasteiger partial charge in [0.25, 0.3) is 10.0 Å². The highest BCUT2D eigenvalue weighted by Crippen LogP contribution is 2.40. The van der Waals surface area contributed by atoms with Crippen molar-refractivity contribution >= 4 is 20.9 Å². The molecule has 0 bridgehead atoms. The number of aryl methyl sites for hydroxylation is 2. The molecule has 7 heteroatoms. The van der Waals surface area contributed by atoms with Crippen LogP contribution in [0.5, 0.6) is 11.5 Å². The smallest absolute Gasteiger partial charge is 0.268 e. The van der Waals surface area contributed by atoms with E-state index in [1.807, 2.05) is 32.9 Å². The maximum atomic E-state index is 14.0. The maximum absolute atomic E-state index is 14.0. The van der Waals surface area contributed by atoms with Crippen molar-refractivity contribution < 1.29 is 23.0 Å². The molecular weight excluding hydrogens is 450 g/mol. The summed E-state index contributed by atoms with van der Waals surface area (Å²) in [5.41, 5.74) is 4.30. The SMILES string of the molecule is CCC(O)c1ccc2c(c1)c(C)c(-c1ccc(OC)c(OC)c1)n2S(=O)(=O)c1ccc(C)cc1. The van der Waals surface area contributed by atoms with Gasteiger partial charge in [-0.1, -0.05) is 30.7 Å². The summed E-state index contributed by atoms with van der Waals surface area (Å²) in [6.07, 6.45) is -0.0551. The lowest BCUT2D eigenvalue weighted by atomic mass is 10.0. The van der Waals surface area contributed by atoms with Gasteiger partial charge in [0, 0.05) is 10.9 Å². The summed E-state index contributed by atoms with van der Waals surface area (Å²) in [5.74, 6) is 1.06. The van der Waals surface area contributed by atoms with Gasteiger partial charge < -0.3 is 14.6 Å². The van der Waals surface area contributed by atoms with E-state index >= 15 is 0 Å². The topological polar surface area (TPSA) is 77.8 Å². The van der Waals surface area contributed by atoms with E-state index in [0.29, 0.717) is 34.7 Å². The second-order valence-electron chi connectivity index (χ2n) is 8.33. The second-order valence-corrected chi connectivity index (χ2v) is 10.1. The fourth-order valence-electron chi connectivity index (χ4n) is 4.26. The Labute approximate surface area is 200 Å². The van der Waals surface area contributed by atoms with Crippen LogP contribution in [-0.4, -0.2) is 31.7 Å². The minimum Gasteiger partial charge on any atom is -0.493 e. The molecule has 1 heterocycles. The van der Waals surface area contributed by atoms with Crippen molar-refractivity contribution in [3.63, 3.8) is 0 Å². The molecule has 0 fully saturated rings. The predicted molar refractivity (Wildman–Crippen MR) is 134 cm³/mol. The molecule has 0 amide bonds. The van der Waals surface area contributed by atoms with Crippen molar-refractivity contribution in [1.82, 2.24) is 3.97 Å². The fraction of sp³-hybridized carbons (Fsp3) is 0.259. The highest BCUT2D eigenvalue weighted by molar-refractivity contribution is 7.90. The van der Waals surface area contributed by atoms with E-state index in [-0.39, 0.29) is 4.90 Å². The summed E-state index contributed by atoms with van der Waals surface area (Å²) in [5, 5.41) is 11.2. The number of benzene rings is 3. The molecule has 34 heavy (non-hydrogen) atoms. The van der Waals surface area contributed by atoms with Crippen molar-refractivity contribution in [3.8, 4) is 22.8 Å². The minimum atomic E-state index is -3.93. The van der Waals surface area contributed by atoms with Crippen LogP contribution in [0.1, 0.15) is 36.1 Å². The van der Waals surface area contributed by atoms with Gasteiger partial charge in [-0.15, -0.1) is 0 Å². The van der Waals surface area contributed by atoms with Crippen molar-refractivity contribution in [2.24, 2.45) is 0 Å². The Hall–Kier alpha value is -3.29. The van der Waals surface area contributed by atoms with E-state index < -0.39 is 16.1 Å². The molecule has 0 aliphatic carbocycles. The number of methoxy groups -OCH3 is 2. The number of aliphatic hydroxyl groups is 1. The fourth-order valence-corrected chi connectivity index (χ4v) is 5.85. The van der Waals surface area contributed by atoms with Crippen LogP contribution in [0.2, 0.25) is 0 Å². The second kappa shape index (κ2) is 9.16. The van der Waals surface area contributed by atoms with Gasteiger partial charge in [0.05, 0.1) is 36.4 Å². The van der Waals surface area contributed by atoms with Gasteiger partial charge in [-0.2, -0.15) is 0 Å². The van der Waals surface area contributed by atoms with Gasteiger partial charge in [-0.3, -0.25) is 0 Å². The molecule has 1 aromatic heterocycles. The van der Waals surface area contributed by atoms with E-state index in [1.165, 1.54) is 3.97 Å². The molecule has 6 nitrogen and oxygen atoms in total. The molecule has 178 valence electrons. The Balaban J connectivity index is 2.08. The molecule has 0 saturated heterocycles. The van der Waals surface area contributed by atoms with Crippen LogP contribution in [0.25, 0.3) is 22.2 Å². The number of aromatic nitrogens is 1. The van der Waals surface area contributed by atoms with Crippen LogP contribution in [-0.2, 0) is 10.0 Å². The number of aliphatic hydroxyl groups excluding tert-OH is 1. The molecule has 0 radical (unpaired) electrons. The zero-order valence-electron chi connectivity index (χ0n) is 20.0. The average molecular weight is 480 g/mol. The normalized spacial score (nSPS) is 12.6. The summed E-state index contributed by atoms with van der Waals surface area (Å²) in [4.78, 5) is 0.203. The van der Waals surface area contributed by atoms with Crippen LogP contribution in [0, 0.1) is 13.8 Å². The molecular formula is C27H29NO5S. The Morgan fingerprint density at radius 2 is 1.59 bits per heavy atom. The molecule has 0 aliphatic heterocycles. The van der Waals surface area contributed by atoms with E-state index in [2.05, 4.69) is 0 Å². The third-order valence-corrected chi connectivity index (χ3v) is 7.92. The largest absolute Gasteiger partial charge is 0.493 e. The van der Waals surface area contributed by atoms with Crippen LogP contribution in [0.4, 0.5) is 0 Å². The molecule has 0 saturated carbocycles. The summed E-state index contributed by atoms with van der Waals surface area (Å²) in [6.45, 7) is 5.72. The number of ether oxygens (including phenoxy) is 2. The molecule has 1 atom stereocenters. The van der Waals surface area contributed by atoms with Crippen molar-refractivity contribution in [2.45, 2.75) is 38.2 Å². The Bertz CT molecular complexity index is 1450. The Morgan fingerprint density at radius 1 is 0.912 bits per heavy atom. The first-order valence-electron chi connectivity index (χ1n) is 11.1. The third kappa shape index (κ3) is 3.95. The number of hydrogen-bond acceptors (Lipinski definition) is 5. The first kappa shape index (κ1) is 23.9. The lowest BCUT2D eigenvalue weighted by Gasteiger charge is -2.15. The maximum Gasteiger partial charge on any atom is 0.268 e. The summed E-state index contributed by atoms with van der Waals surface area (Å²) in [6, 6.07) is 17.6. The third-order valence-electron chi connectivity index (χ3n) is 6.19. The predicted octanol–water partition coefficient (Wildman–Crippen LogP) is 5.62. The van der Waals surface area contributed by atoms with E-state index in [0.717, 1.165) is 22.1 Å². The van der Waals surface area contributed by atoms with Gasteiger partial charge in [0.2, 0.25) is 0 Å². The molecule has 4 rings (SSSR count). The quantitative estimate of drug-likeness (QED) is 0.372. The van der Waals surface area contributed by atoms with Gasteiger partial charge in [-0.05, 0) is 73.9 Å². The average Bonchev–Trinajstić information content (AvgIpc) is 3.15. The zero-order valence-corrected chi connectivity index (χ0v) is 20.8. The van der Waals surface area contributed by atoms with Crippen molar-refractivity contribution in [1.29, 1.82) is 0 Å². The molecule has 0 spiro atoms. The summed E-state index contributed by atoms with van der Waals surface area (Å²) in [7, 11) is -0.827. The van der Waals surface area contributed by atoms with Gasteiger partial charge in [-0.25, -0.2) is 12.4 Å². The molecule has 4 aromatic rings. The lowest BCUT2D eigenvalue weighted by molar-refractivity contribution is 0.174. The number of hydrogen-bond donors (Lipinski definition) is 1. The first-order chi connectivity index (χ1) is 16.2. The summed E-state index contributed by atoms with van der Waals surface area (Å²) >= 11 is 0. The summed E-state index contributed by atoms with van der Waals surface area (Å²) < 4.78 is 40.2. The van der Waals surface area contributed by atoms with E-state index in [4.69, 9.17) is 9.47 Å². The van der Waals surface area contributed by atoms with E-state index in [1.54, 1.807) is 62.8 Å². The highest BCUT2D eigenvalue weighted by Gasteiger charge is 2.27. The van der Waals surface area contributed by atoms with Crippen LogP contribution in [0.15, 0.2) is 65.6 Å². The van der Waals surface area contributed by atoms with Gasteiger partial charge >= 0.3 is 0 Å². The lowest BCUT2D eigenvalue weighted by Crippen LogP contribution is -2.14. The first-order valence-corrected chi connectivity index (χ1v) is 12.5. The Kier molecular flexibility index (Phi) is 6.43. The molecule has 1 N–H and O–H groups in total. The minimum absolute atomic E-state index is 0.203.